The summed E-state index contributed by atoms with van der Waals surface area (Å²) in [6.45, 7) is 14.8. The van der Waals surface area contributed by atoms with E-state index in [4.69, 9.17) is 0 Å². The first-order valence-corrected chi connectivity index (χ1v) is 9.71. The summed E-state index contributed by atoms with van der Waals surface area (Å²) >= 11 is 0. The van der Waals surface area contributed by atoms with Crippen molar-refractivity contribution in [1.29, 1.82) is 0 Å². The molecule has 0 spiro atoms. The van der Waals surface area contributed by atoms with Gasteiger partial charge in [0.2, 0.25) is 0 Å². The van der Waals surface area contributed by atoms with Gasteiger partial charge in [-0.15, -0.1) is 0 Å². The van der Waals surface area contributed by atoms with Crippen LogP contribution in [0, 0.1) is 23.7 Å². The van der Waals surface area contributed by atoms with Gasteiger partial charge in [0.1, 0.15) is 8.24 Å². The molecular formula is C13H30N2Si. The van der Waals surface area contributed by atoms with Crippen molar-refractivity contribution >= 4 is 8.24 Å². The number of rotatable bonds is 3. The molecule has 0 radical (unpaired) electrons. The summed E-state index contributed by atoms with van der Waals surface area (Å²) < 4.78 is 0. The highest BCUT2D eigenvalue weighted by Gasteiger charge is 2.49. The van der Waals surface area contributed by atoms with Crippen LogP contribution in [0.2, 0.25) is 18.6 Å². The van der Waals surface area contributed by atoms with Crippen molar-refractivity contribution in [3.05, 3.63) is 0 Å². The molecule has 0 aromatic heterocycles. The third-order valence-corrected chi connectivity index (χ3v) is 8.71. The molecule has 1 rings (SSSR count). The minimum Gasteiger partial charge on any atom is -0.277 e. The Hall–Kier alpha value is 0.137. The molecule has 4 atom stereocenters. The van der Waals surface area contributed by atoms with Gasteiger partial charge >= 0.3 is 0 Å². The molecular weight excluding hydrogens is 212 g/mol. The lowest BCUT2D eigenvalue weighted by Gasteiger charge is -2.38. The molecule has 0 amide bonds. The van der Waals surface area contributed by atoms with Gasteiger partial charge in [-0.05, 0) is 29.2 Å². The molecule has 1 N–H and O–H groups in total. The fraction of sp³-hybridized carbons (Fsp3) is 1.00. The highest BCUT2D eigenvalue weighted by atomic mass is 28.3. The Morgan fingerprint density at radius 2 is 1.19 bits per heavy atom. The molecule has 0 heterocycles. The van der Waals surface area contributed by atoms with Crippen molar-refractivity contribution in [2.75, 3.05) is 14.1 Å². The molecule has 1 saturated carbocycles. The molecule has 0 bridgehead atoms. The highest BCUT2D eigenvalue weighted by molar-refractivity contribution is 6.76. The van der Waals surface area contributed by atoms with Crippen LogP contribution < -0.4 is 5.09 Å². The first-order chi connectivity index (χ1) is 7.18. The van der Waals surface area contributed by atoms with Crippen molar-refractivity contribution in [1.82, 2.24) is 10.1 Å². The molecule has 16 heavy (non-hydrogen) atoms. The van der Waals surface area contributed by atoms with Crippen LogP contribution in [-0.2, 0) is 0 Å². The summed E-state index contributed by atoms with van der Waals surface area (Å²) in [5.41, 5.74) is 0.889. The minimum absolute atomic E-state index is 0.860. The van der Waals surface area contributed by atoms with Gasteiger partial charge in [0, 0.05) is 14.1 Å². The zero-order valence-electron chi connectivity index (χ0n) is 12.3. The quantitative estimate of drug-likeness (QED) is 0.604. The zero-order valence-corrected chi connectivity index (χ0v) is 13.3. The third-order valence-electron chi connectivity index (χ3n) is 4.97. The summed E-state index contributed by atoms with van der Waals surface area (Å²) in [6.07, 6.45) is 0. The van der Waals surface area contributed by atoms with Crippen molar-refractivity contribution in [2.45, 2.75) is 46.3 Å². The monoisotopic (exact) mass is 242 g/mol. The van der Waals surface area contributed by atoms with Crippen molar-refractivity contribution < 1.29 is 0 Å². The summed E-state index contributed by atoms with van der Waals surface area (Å²) in [7, 11) is 2.87. The van der Waals surface area contributed by atoms with Crippen LogP contribution in [-0.4, -0.2) is 27.3 Å². The number of hydrogen-bond acceptors (Lipinski definition) is 2. The standard InChI is InChI=1S/C13H30N2Si/c1-9-10(2)12(4)13(11(9)3)16(7,8)14-15(5)6/h9-14H,1-8H3. The van der Waals surface area contributed by atoms with Gasteiger partial charge in [-0.3, -0.25) is 10.1 Å². The Bertz CT molecular complexity index is 226. The first-order valence-electron chi connectivity index (χ1n) is 6.63. The van der Waals surface area contributed by atoms with E-state index in [0.717, 1.165) is 29.2 Å². The minimum atomic E-state index is -1.37. The summed E-state index contributed by atoms with van der Waals surface area (Å²) in [5, 5.41) is 5.89. The fourth-order valence-electron chi connectivity index (χ4n) is 4.06. The van der Waals surface area contributed by atoms with E-state index in [9.17, 15) is 0 Å². The van der Waals surface area contributed by atoms with Gasteiger partial charge in [0.05, 0.1) is 0 Å². The van der Waals surface area contributed by atoms with Gasteiger partial charge in [-0.1, -0.05) is 40.8 Å². The maximum Gasteiger partial charge on any atom is 0.139 e. The SMILES string of the molecule is CC1C(C)C(C)C([Si](C)(C)NN(C)C)C1C. The second kappa shape index (κ2) is 4.79. The first kappa shape index (κ1) is 14.2. The third kappa shape index (κ3) is 2.52. The lowest BCUT2D eigenvalue weighted by molar-refractivity contribution is 0.348. The lowest BCUT2D eigenvalue weighted by atomic mass is 9.92. The second-order valence-corrected chi connectivity index (χ2v) is 11.0. The van der Waals surface area contributed by atoms with Gasteiger partial charge in [0.25, 0.3) is 0 Å². The molecule has 3 heteroatoms. The van der Waals surface area contributed by atoms with E-state index in [1.165, 1.54) is 0 Å². The Labute approximate surface area is 103 Å². The van der Waals surface area contributed by atoms with Crippen molar-refractivity contribution in [2.24, 2.45) is 23.7 Å². The van der Waals surface area contributed by atoms with Gasteiger partial charge < -0.3 is 0 Å². The van der Waals surface area contributed by atoms with E-state index in [2.05, 4.69) is 65.0 Å². The molecule has 96 valence electrons. The normalized spacial score (nSPS) is 40.7. The molecule has 1 aliphatic carbocycles. The number of hydrogen-bond donors (Lipinski definition) is 1. The Morgan fingerprint density at radius 3 is 1.50 bits per heavy atom. The number of hydrazine groups is 1. The van der Waals surface area contributed by atoms with E-state index in [1.807, 2.05) is 0 Å². The van der Waals surface area contributed by atoms with E-state index in [1.54, 1.807) is 0 Å². The van der Waals surface area contributed by atoms with E-state index in [-0.39, 0.29) is 0 Å². The average molecular weight is 242 g/mol. The summed E-state index contributed by atoms with van der Waals surface area (Å²) in [6, 6.07) is 0. The second-order valence-electron chi connectivity index (χ2n) is 6.69. The largest absolute Gasteiger partial charge is 0.277 e. The molecule has 4 unspecified atom stereocenters. The molecule has 0 aromatic carbocycles. The van der Waals surface area contributed by atoms with E-state index in [0.29, 0.717) is 0 Å². The smallest absolute Gasteiger partial charge is 0.139 e. The molecule has 0 saturated heterocycles. The van der Waals surface area contributed by atoms with Gasteiger partial charge in [-0.2, -0.15) is 0 Å². The van der Waals surface area contributed by atoms with Crippen LogP contribution >= 0.6 is 0 Å². The highest BCUT2D eigenvalue weighted by Crippen LogP contribution is 2.52. The summed E-state index contributed by atoms with van der Waals surface area (Å²) in [5.74, 6) is 3.46. The Kier molecular flexibility index (Phi) is 4.25. The molecule has 1 fully saturated rings. The van der Waals surface area contributed by atoms with Gasteiger partial charge in [-0.25, -0.2) is 0 Å². The lowest BCUT2D eigenvalue weighted by Crippen LogP contribution is -2.56. The number of nitrogens with zero attached hydrogens (tertiary/aromatic N) is 1. The van der Waals surface area contributed by atoms with Crippen LogP contribution in [0.1, 0.15) is 27.7 Å². The van der Waals surface area contributed by atoms with Crippen LogP contribution in [0.5, 0.6) is 0 Å². The van der Waals surface area contributed by atoms with Crippen LogP contribution in [0.3, 0.4) is 0 Å². The number of nitrogens with one attached hydrogen (secondary N) is 1. The van der Waals surface area contributed by atoms with E-state index < -0.39 is 8.24 Å². The molecule has 2 nitrogen and oxygen atoms in total. The van der Waals surface area contributed by atoms with Crippen molar-refractivity contribution in [3.63, 3.8) is 0 Å². The van der Waals surface area contributed by atoms with Gasteiger partial charge in [0.15, 0.2) is 0 Å². The molecule has 1 aliphatic rings. The van der Waals surface area contributed by atoms with Crippen LogP contribution in [0.4, 0.5) is 0 Å². The molecule has 0 aliphatic heterocycles. The predicted octanol–water partition coefficient (Wildman–Crippen LogP) is 3.19. The zero-order chi connectivity index (χ0) is 12.7. The van der Waals surface area contributed by atoms with Crippen LogP contribution in [0.25, 0.3) is 0 Å². The van der Waals surface area contributed by atoms with E-state index >= 15 is 0 Å². The van der Waals surface area contributed by atoms with Crippen molar-refractivity contribution in [3.8, 4) is 0 Å². The topological polar surface area (TPSA) is 15.3 Å². The average Bonchev–Trinajstić information content (AvgIpc) is 2.29. The maximum absolute atomic E-state index is 3.74. The predicted molar refractivity (Wildman–Crippen MR) is 74.7 cm³/mol. The Morgan fingerprint density at radius 1 is 0.812 bits per heavy atom. The maximum atomic E-state index is 3.74. The fourth-order valence-corrected chi connectivity index (χ4v) is 8.59. The Balaban J connectivity index is 2.86. The van der Waals surface area contributed by atoms with Crippen LogP contribution in [0.15, 0.2) is 0 Å². The summed E-state index contributed by atoms with van der Waals surface area (Å²) in [4.78, 5) is 0. The molecule has 0 aromatic rings.